The van der Waals surface area contributed by atoms with Gasteiger partial charge in [-0.1, -0.05) is 24.3 Å². The summed E-state index contributed by atoms with van der Waals surface area (Å²) in [5, 5.41) is 2.91. The van der Waals surface area contributed by atoms with Crippen LogP contribution in [0.2, 0.25) is 0 Å². The van der Waals surface area contributed by atoms with Crippen LogP contribution < -0.4 is 5.32 Å². The molecular weight excluding hydrogens is 332 g/mol. The van der Waals surface area contributed by atoms with Crippen molar-refractivity contribution in [3.63, 3.8) is 0 Å². The van der Waals surface area contributed by atoms with Gasteiger partial charge in [0.25, 0.3) is 5.76 Å². The third-order valence-corrected chi connectivity index (χ3v) is 4.12. The second kappa shape index (κ2) is 7.00. The molecule has 0 radical (unpaired) electrons. The van der Waals surface area contributed by atoms with E-state index in [1.54, 1.807) is 30.3 Å². The number of benzene rings is 2. The lowest BCUT2D eigenvalue weighted by atomic mass is 10.2. The zero-order valence-electron chi connectivity index (χ0n) is 12.9. The first-order valence-corrected chi connectivity index (χ1v) is 8.17. The number of alkyl halides is 2. The molecule has 0 unspecified atom stereocenters. The monoisotopic (exact) mass is 347 g/mol. The van der Waals surface area contributed by atoms with Crippen molar-refractivity contribution in [3.05, 3.63) is 54.1 Å². The third kappa shape index (κ3) is 3.73. The SMILES string of the molecule is Cc1cccc(NC(=O)Cn2c(SC(F)F)nc3ccccc32)c1. The highest BCUT2D eigenvalue weighted by Gasteiger charge is 2.17. The number of carbonyl (C=O) groups is 1. The molecule has 4 nitrogen and oxygen atoms in total. The van der Waals surface area contributed by atoms with Crippen molar-refractivity contribution >= 4 is 34.4 Å². The number of nitrogens with one attached hydrogen (secondary N) is 1. The van der Waals surface area contributed by atoms with Crippen LogP contribution in [0.25, 0.3) is 11.0 Å². The molecule has 0 aliphatic rings. The lowest BCUT2D eigenvalue weighted by molar-refractivity contribution is -0.116. The molecule has 1 heterocycles. The maximum atomic E-state index is 12.8. The average Bonchev–Trinajstić information content (AvgIpc) is 2.84. The number of anilines is 1. The van der Waals surface area contributed by atoms with E-state index in [1.807, 2.05) is 25.1 Å². The minimum atomic E-state index is -2.60. The normalized spacial score (nSPS) is 11.2. The Kier molecular flexibility index (Phi) is 4.80. The number of imidazole rings is 1. The number of carbonyl (C=O) groups excluding carboxylic acids is 1. The number of rotatable bonds is 5. The highest BCUT2D eigenvalue weighted by atomic mass is 32.2. The molecule has 0 spiro atoms. The summed E-state index contributed by atoms with van der Waals surface area (Å²) in [5.41, 5.74) is 2.94. The molecule has 0 aliphatic carbocycles. The Morgan fingerprint density at radius 1 is 1.25 bits per heavy atom. The van der Waals surface area contributed by atoms with Gasteiger partial charge in [-0.05, 0) is 48.5 Å². The molecule has 1 amide bonds. The molecular formula is C17H15F2N3OS. The van der Waals surface area contributed by atoms with Gasteiger partial charge in [-0.15, -0.1) is 0 Å². The zero-order chi connectivity index (χ0) is 17.1. The van der Waals surface area contributed by atoms with Crippen LogP contribution in [-0.4, -0.2) is 21.2 Å². The van der Waals surface area contributed by atoms with Crippen LogP contribution in [0.1, 0.15) is 5.56 Å². The van der Waals surface area contributed by atoms with Crippen LogP contribution in [0.3, 0.4) is 0 Å². The molecule has 1 aromatic heterocycles. The lowest BCUT2D eigenvalue weighted by Crippen LogP contribution is -2.19. The first kappa shape index (κ1) is 16.4. The van der Waals surface area contributed by atoms with E-state index in [0.717, 1.165) is 5.56 Å². The van der Waals surface area contributed by atoms with Crippen LogP contribution in [0.5, 0.6) is 0 Å². The molecule has 124 valence electrons. The van der Waals surface area contributed by atoms with Gasteiger partial charge >= 0.3 is 0 Å². The van der Waals surface area contributed by atoms with Gasteiger partial charge in [-0.25, -0.2) is 4.98 Å². The number of aromatic nitrogens is 2. The maximum Gasteiger partial charge on any atom is 0.291 e. The quantitative estimate of drug-likeness (QED) is 0.700. The molecule has 2 aromatic carbocycles. The van der Waals surface area contributed by atoms with Crippen molar-refractivity contribution in [1.29, 1.82) is 0 Å². The molecule has 0 saturated carbocycles. The fourth-order valence-electron chi connectivity index (χ4n) is 2.44. The average molecular weight is 347 g/mol. The van der Waals surface area contributed by atoms with Crippen LogP contribution in [-0.2, 0) is 11.3 Å². The topological polar surface area (TPSA) is 46.9 Å². The number of nitrogens with zero attached hydrogens (tertiary/aromatic N) is 2. The molecule has 3 rings (SSSR count). The van der Waals surface area contributed by atoms with Crippen molar-refractivity contribution in [1.82, 2.24) is 9.55 Å². The molecule has 0 fully saturated rings. The van der Waals surface area contributed by atoms with Gasteiger partial charge in [0.2, 0.25) is 5.91 Å². The Bertz CT molecular complexity index is 879. The largest absolute Gasteiger partial charge is 0.325 e. The minimum absolute atomic E-state index is 0.0799. The van der Waals surface area contributed by atoms with Crippen LogP contribution in [0, 0.1) is 6.92 Å². The summed E-state index contributed by atoms with van der Waals surface area (Å²) in [6, 6.07) is 14.5. The van der Waals surface area contributed by atoms with E-state index in [4.69, 9.17) is 0 Å². The fourth-order valence-corrected chi connectivity index (χ4v) is 3.04. The highest BCUT2D eigenvalue weighted by molar-refractivity contribution is 7.99. The predicted molar refractivity (Wildman–Crippen MR) is 91.4 cm³/mol. The molecule has 0 bridgehead atoms. The van der Waals surface area contributed by atoms with Gasteiger partial charge in [0.15, 0.2) is 5.16 Å². The highest BCUT2D eigenvalue weighted by Crippen LogP contribution is 2.28. The number of para-hydroxylation sites is 2. The molecule has 0 saturated heterocycles. The van der Waals surface area contributed by atoms with Crippen molar-refractivity contribution in [2.24, 2.45) is 0 Å². The van der Waals surface area contributed by atoms with Gasteiger partial charge in [-0.2, -0.15) is 8.78 Å². The molecule has 1 N–H and O–H groups in total. The summed E-state index contributed by atoms with van der Waals surface area (Å²) in [7, 11) is 0. The number of thioether (sulfide) groups is 1. The molecule has 24 heavy (non-hydrogen) atoms. The first-order chi connectivity index (χ1) is 11.5. The van der Waals surface area contributed by atoms with Crippen LogP contribution >= 0.6 is 11.8 Å². The molecule has 0 aliphatic heterocycles. The summed E-state index contributed by atoms with van der Waals surface area (Å²) in [6.45, 7) is 1.85. The summed E-state index contributed by atoms with van der Waals surface area (Å²) in [4.78, 5) is 16.5. The van der Waals surface area contributed by atoms with Crippen molar-refractivity contribution in [2.45, 2.75) is 24.4 Å². The van der Waals surface area contributed by atoms with E-state index < -0.39 is 5.76 Å². The van der Waals surface area contributed by atoms with Crippen molar-refractivity contribution in [3.8, 4) is 0 Å². The minimum Gasteiger partial charge on any atom is -0.325 e. The molecule has 3 aromatic rings. The summed E-state index contributed by atoms with van der Waals surface area (Å²) in [6.07, 6.45) is 0. The summed E-state index contributed by atoms with van der Waals surface area (Å²) < 4.78 is 27.0. The molecule has 0 atom stereocenters. The van der Waals surface area contributed by atoms with E-state index in [1.165, 1.54) is 4.57 Å². The van der Waals surface area contributed by atoms with E-state index in [0.29, 0.717) is 28.5 Å². The third-order valence-electron chi connectivity index (χ3n) is 3.42. The number of fused-ring (bicyclic) bond motifs is 1. The van der Waals surface area contributed by atoms with Gasteiger partial charge in [0.1, 0.15) is 6.54 Å². The van der Waals surface area contributed by atoms with Crippen LogP contribution in [0.4, 0.5) is 14.5 Å². The van der Waals surface area contributed by atoms with Crippen molar-refractivity contribution < 1.29 is 13.6 Å². The summed E-state index contributed by atoms with van der Waals surface area (Å²) in [5.74, 6) is -2.89. The van der Waals surface area contributed by atoms with E-state index in [9.17, 15) is 13.6 Å². The maximum absolute atomic E-state index is 12.8. The second-order valence-electron chi connectivity index (χ2n) is 5.27. The zero-order valence-corrected chi connectivity index (χ0v) is 13.7. The van der Waals surface area contributed by atoms with Crippen molar-refractivity contribution in [2.75, 3.05) is 5.32 Å². The second-order valence-corrected chi connectivity index (χ2v) is 6.22. The van der Waals surface area contributed by atoms with E-state index in [2.05, 4.69) is 10.3 Å². The Balaban J connectivity index is 1.86. The van der Waals surface area contributed by atoms with Gasteiger partial charge in [-0.3, -0.25) is 4.79 Å². The van der Waals surface area contributed by atoms with E-state index in [-0.39, 0.29) is 17.6 Å². The first-order valence-electron chi connectivity index (χ1n) is 7.29. The number of hydrogen-bond acceptors (Lipinski definition) is 3. The number of halogens is 2. The fraction of sp³-hybridized carbons (Fsp3) is 0.176. The Labute approximate surface area is 141 Å². The van der Waals surface area contributed by atoms with E-state index >= 15 is 0 Å². The predicted octanol–water partition coefficient (Wildman–Crippen LogP) is 4.30. The molecule has 7 heteroatoms. The number of amides is 1. The Morgan fingerprint density at radius 3 is 2.79 bits per heavy atom. The summed E-state index contributed by atoms with van der Waals surface area (Å²) >= 11 is 0.340. The lowest BCUT2D eigenvalue weighted by Gasteiger charge is -2.10. The smallest absolute Gasteiger partial charge is 0.291 e. The standard InChI is InChI=1S/C17H15F2N3OS/c1-11-5-4-6-12(9-11)20-15(23)10-22-14-8-3-2-7-13(14)21-17(22)24-16(18)19/h2-9,16H,10H2,1H3,(H,20,23). The van der Waals surface area contributed by atoms with Gasteiger partial charge in [0, 0.05) is 5.69 Å². The number of hydrogen-bond donors (Lipinski definition) is 1. The van der Waals surface area contributed by atoms with Gasteiger partial charge in [0.05, 0.1) is 11.0 Å². The van der Waals surface area contributed by atoms with Gasteiger partial charge < -0.3 is 9.88 Å². The Morgan fingerprint density at radius 2 is 2.04 bits per heavy atom. The Hall–Kier alpha value is -2.41. The number of aryl methyl sites for hydroxylation is 1. The van der Waals surface area contributed by atoms with Crippen LogP contribution in [0.15, 0.2) is 53.7 Å².